The van der Waals surface area contributed by atoms with Gasteiger partial charge in [0.15, 0.2) is 0 Å². The van der Waals surface area contributed by atoms with Gasteiger partial charge < -0.3 is 5.32 Å². The van der Waals surface area contributed by atoms with Gasteiger partial charge in [0, 0.05) is 12.7 Å². The average Bonchev–Trinajstić information content (AvgIpc) is 2.53. The van der Waals surface area contributed by atoms with Crippen molar-refractivity contribution >= 4 is 0 Å². The summed E-state index contributed by atoms with van der Waals surface area (Å²) in [6, 6.07) is 1.92. The number of halogens is 1. The minimum absolute atomic E-state index is 0.351. The van der Waals surface area contributed by atoms with E-state index in [1.165, 1.54) is 0 Å². The first-order valence-corrected chi connectivity index (χ1v) is 5.01. The number of alkyl halides is 1. The van der Waals surface area contributed by atoms with E-state index >= 15 is 0 Å². The van der Waals surface area contributed by atoms with Crippen molar-refractivity contribution < 1.29 is 4.39 Å². The molecule has 1 heterocycles. The van der Waals surface area contributed by atoms with Crippen LogP contribution in [0.25, 0.3) is 0 Å². The third-order valence-electron chi connectivity index (χ3n) is 1.87. The maximum absolute atomic E-state index is 12.0. The summed E-state index contributed by atoms with van der Waals surface area (Å²) in [6.45, 7) is 6.06. The second-order valence-electron chi connectivity index (χ2n) is 3.78. The van der Waals surface area contributed by atoms with Crippen LogP contribution in [0.5, 0.6) is 0 Å². The van der Waals surface area contributed by atoms with Crippen LogP contribution in [0.3, 0.4) is 0 Å². The van der Waals surface area contributed by atoms with Crippen molar-refractivity contribution in [1.82, 2.24) is 15.1 Å². The Labute approximate surface area is 84.3 Å². The smallest absolute Gasteiger partial charge is 0.109 e. The normalized spacial score (nSPS) is 11.1. The van der Waals surface area contributed by atoms with E-state index in [-0.39, 0.29) is 6.67 Å². The Balaban J connectivity index is 2.28. The molecule has 0 unspecified atom stereocenters. The van der Waals surface area contributed by atoms with Crippen molar-refractivity contribution in [3.05, 3.63) is 18.0 Å². The molecule has 0 spiro atoms. The average molecular weight is 199 g/mol. The van der Waals surface area contributed by atoms with Gasteiger partial charge in [0.2, 0.25) is 0 Å². The lowest BCUT2D eigenvalue weighted by atomic mass is 10.2. The number of hydrogen-bond acceptors (Lipinski definition) is 2. The van der Waals surface area contributed by atoms with Gasteiger partial charge in [0.25, 0.3) is 0 Å². The molecule has 4 heteroatoms. The number of nitrogens with one attached hydrogen (secondary N) is 1. The highest BCUT2D eigenvalue weighted by Crippen LogP contribution is 1.96. The Morgan fingerprint density at radius 3 is 3.00 bits per heavy atom. The highest BCUT2D eigenvalue weighted by Gasteiger charge is 1.99. The number of aryl methyl sites for hydroxylation is 1. The zero-order valence-electron chi connectivity index (χ0n) is 8.83. The summed E-state index contributed by atoms with van der Waals surface area (Å²) < 4.78 is 13.6. The standard InChI is InChI=1S/C10H18FN3/c1-9(2)7-12-8-10-3-5-14(13-10)6-4-11/h3,5,9,12H,4,6-8H2,1-2H3. The molecular weight excluding hydrogens is 181 g/mol. The van der Waals surface area contributed by atoms with E-state index in [0.717, 1.165) is 18.8 Å². The molecule has 0 amide bonds. The SMILES string of the molecule is CC(C)CNCc1ccn(CCF)n1. The van der Waals surface area contributed by atoms with Crippen molar-refractivity contribution in [2.75, 3.05) is 13.2 Å². The van der Waals surface area contributed by atoms with E-state index in [1.54, 1.807) is 4.68 Å². The molecule has 0 aliphatic heterocycles. The molecule has 0 fully saturated rings. The zero-order chi connectivity index (χ0) is 10.4. The molecule has 1 rings (SSSR count). The van der Waals surface area contributed by atoms with Crippen molar-refractivity contribution in [3.8, 4) is 0 Å². The largest absolute Gasteiger partial charge is 0.311 e. The van der Waals surface area contributed by atoms with Crippen LogP contribution in [0.1, 0.15) is 19.5 Å². The summed E-state index contributed by atoms with van der Waals surface area (Å²) >= 11 is 0. The molecule has 0 radical (unpaired) electrons. The van der Waals surface area contributed by atoms with Crippen molar-refractivity contribution in [2.45, 2.75) is 26.9 Å². The van der Waals surface area contributed by atoms with E-state index < -0.39 is 0 Å². The highest BCUT2D eigenvalue weighted by atomic mass is 19.1. The Morgan fingerprint density at radius 2 is 2.36 bits per heavy atom. The molecule has 0 saturated heterocycles. The fourth-order valence-electron chi connectivity index (χ4n) is 1.20. The molecule has 1 aromatic heterocycles. The van der Waals surface area contributed by atoms with Crippen LogP contribution in [0.15, 0.2) is 12.3 Å². The second-order valence-corrected chi connectivity index (χ2v) is 3.78. The quantitative estimate of drug-likeness (QED) is 0.754. The first-order valence-electron chi connectivity index (χ1n) is 5.01. The molecule has 14 heavy (non-hydrogen) atoms. The lowest BCUT2D eigenvalue weighted by Gasteiger charge is -2.04. The van der Waals surface area contributed by atoms with Crippen LogP contribution in [-0.4, -0.2) is 23.0 Å². The van der Waals surface area contributed by atoms with Crippen LogP contribution >= 0.6 is 0 Å². The molecule has 0 aliphatic rings. The van der Waals surface area contributed by atoms with Crippen molar-refractivity contribution in [1.29, 1.82) is 0 Å². The third kappa shape index (κ3) is 3.87. The predicted molar refractivity (Wildman–Crippen MR) is 54.7 cm³/mol. The van der Waals surface area contributed by atoms with E-state index in [9.17, 15) is 4.39 Å². The monoisotopic (exact) mass is 199 g/mol. The van der Waals surface area contributed by atoms with Gasteiger partial charge in [-0.3, -0.25) is 4.68 Å². The fourth-order valence-corrected chi connectivity index (χ4v) is 1.20. The summed E-state index contributed by atoms with van der Waals surface area (Å²) in [5.41, 5.74) is 0.971. The summed E-state index contributed by atoms with van der Waals surface area (Å²) in [5.74, 6) is 0.642. The topological polar surface area (TPSA) is 29.9 Å². The third-order valence-corrected chi connectivity index (χ3v) is 1.87. The van der Waals surface area contributed by atoms with Crippen LogP contribution in [0.4, 0.5) is 4.39 Å². The summed E-state index contributed by atoms with van der Waals surface area (Å²) in [7, 11) is 0. The van der Waals surface area contributed by atoms with Crippen LogP contribution in [0, 0.1) is 5.92 Å². The summed E-state index contributed by atoms with van der Waals surface area (Å²) in [5, 5.41) is 7.50. The first kappa shape index (κ1) is 11.2. The van der Waals surface area contributed by atoms with Gasteiger partial charge in [0.1, 0.15) is 6.67 Å². The highest BCUT2D eigenvalue weighted by molar-refractivity contribution is 4.98. The molecule has 3 nitrogen and oxygen atoms in total. The van der Waals surface area contributed by atoms with Crippen LogP contribution in [-0.2, 0) is 13.1 Å². The Morgan fingerprint density at radius 1 is 1.57 bits per heavy atom. The first-order chi connectivity index (χ1) is 6.72. The molecule has 80 valence electrons. The van der Waals surface area contributed by atoms with Crippen molar-refractivity contribution in [3.63, 3.8) is 0 Å². The molecule has 0 saturated carbocycles. The van der Waals surface area contributed by atoms with Gasteiger partial charge in [-0.05, 0) is 18.5 Å². The molecular formula is C10H18FN3. The van der Waals surface area contributed by atoms with Gasteiger partial charge in [-0.2, -0.15) is 5.10 Å². The van der Waals surface area contributed by atoms with Crippen LogP contribution < -0.4 is 5.32 Å². The zero-order valence-corrected chi connectivity index (χ0v) is 8.83. The van der Waals surface area contributed by atoms with E-state index in [2.05, 4.69) is 24.3 Å². The van der Waals surface area contributed by atoms with Gasteiger partial charge in [-0.25, -0.2) is 4.39 Å². The van der Waals surface area contributed by atoms with E-state index in [1.807, 2.05) is 12.3 Å². The molecule has 0 bridgehead atoms. The summed E-state index contributed by atoms with van der Waals surface area (Å²) in [6.07, 6.45) is 1.81. The number of hydrogen-bond donors (Lipinski definition) is 1. The van der Waals surface area contributed by atoms with Gasteiger partial charge in [0.05, 0.1) is 12.2 Å². The minimum atomic E-state index is -0.361. The molecule has 1 aromatic rings. The maximum atomic E-state index is 12.0. The van der Waals surface area contributed by atoms with E-state index in [0.29, 0.717) is 12.5 Å². The molecule has 0 aliphatic carbocycles. The summed E-state index contributed by atoms with van der Waals surface area (Å²) in [4.78, 5) is 0. The minimum Gasteiger partial charge on any atom is -0.311 e. The number of rotatable bonds is 6. The maximum Gasteiger partial charge on any atom is 0.109 e. The lowest BCUT2D eigenvalue weighted by molar-refractivity contribution is 0.424. The number of nitrogens with zero attached hydrogens (tertiary/aromatic N) is 2. The van der Waals surface area contributed by atoms with E-state index in [4.69, 9.17) is 0 Å². The lowest BCUT2D eigenvalue weighted by Crippen LogP contribution is -2.19. The second kappa shape index (κ2) is 5.75. The molecule has 1 N–H and O–H groups in total. The molecule has 0 aromatic carbocycles. The van der Waals surface area contributed by atoms with Crippen molar-refractivity contribution in [2.24, 2.45) is 5.92 Å². The number of aromatic nitrogens is 2. The van der Waals surface area contributed by atoms with Gasteiger partial charge in [-0.15, -0.1) is 0 Å². The predicted octanol–water partition coefficient (Wildman–Crippen LogP) is 1.60. The molecule has 0 atom stereocenters. The van der Waals surface area contributed by atoms with Gasteiger partial charge >= 0.3 is 0 Å². The Bertz CT molecular complexity index is 258. The Kier molecular flexibility index (Phi) is 4.59. The Hall–Kier alpha value is -0.900. The van der Waals surface area contributed by atoms with Crippen LogP contribution in [0.2, 0.25) is 0 Å². The fraction of sp³-hybridized carbons (Fsp3) is 0.700. The van der Waals surface area contributed by atoms with Gasteiger partial charge in [-0.1, -0.05) is 13.8 Å².